The monoisotopic (exact) mass is 478 g/mol. The topological polar surface area (TPSA) is 73.6 Å². The minimum Gasteiger partial charge on any atom is -0.496 e. The molecule has 1 heterocycles. The van der Waals surface area contributed by atoms with Gasteiger partial charge in [-0.1, -0.05) is 18.2 Å². The number of halogens is 1. The number of allylic oxidation sites excluding steroid dienone is 3. The predicted molar refractivity (Wildman–Crippen MR) is 136 cm³/mol. The minimum absolute atomic E-state index is 0.173. The number of hydrogen-bond acceptors (Lipinski definition) is 5. The Balaban J connectivity index is 1.82. The van der Waals surface area contributed by atoms with Crippen LogP contribution in [0.4, 0.5) is 10.1 Å². The zero-order chi connectivity index (χ0) is 25.5. The Morgan fingerprint density at radius 1 is 1.14 bits per heavy atom. The largest absolute Gasteiger partial charge is 0.496 e. The van der Waals surface area contributed by atoms with Crippen LogP contribution in [0.5, 0.6) is 5.75 Å². The molecule has 1 unspecified atom stereocenters. The van der Waals surface area contributed by atoms with E-state index in [9.17, 15) is 14.5 Å². The molecule has 1 aliphatic carbocycles. The highest BCUT2D eigenvalue weighted by molar-refractivity contribution is 5.88. The molecule has 35 heavy (non-hydrogen) atoms. The van der Waals surface area contributed by atoms with Gasteiger partial charge in [-0.05, 0) is 68.7 Å². The van der Waals surface area contributed by atoms with E-state index in [2.05, 4.69) is 32.2 Å². The third-order valence-electron chi connectivity index (χ3n) is 6.65. The molecular weight excluding hydrogens is 447 g/mol. The zero-order valence-corrected chi connectivity index (χ0v) is 21.0. The van der Waals surface area contributed by atoms with Crippen LogP contribution < -0.4 is 10.1 Å². The van der Waals surface area contributed by atoms with Gasteiger partial charge < -0.3 is 14.8 Å². The molecule has 0 radical (unpaired) electrons. The Morgan fingerprint density at radius 2 is 1.86 bits per heavy atom. The highest BCUT2D eigenvalue weighted by Gasteiger charge is 2.38. The Kier molecular flexibility index (Phi) is 6.21. The third-order valence-corrected chi connectivity index (χ3v) is 6.65. The fourth-order valence-corrected chi connectivity index (χ4v) is 4.86. The second kappa shape index (κ2) is 8.87. The molecule has 0 saturated carbocycles. The van der Waals surface area contributed by atoms with Crippen molar-refractivity contribution in [2.24, 2.45) is 0 Å². The number of nitrogens with one attached hydrogen (secondary N) is 1. The van der Waals surface area contributed by atoms with Crippen molar-refractivity contribution in [2.45, 2.75) is 58.7 Å². The van der Waals surface area contributed by atoms with Crippen LogP contribution in [0.1, 0.15) is 52.2 Å². The first-order chi connectivity index (χ1) is 16.4. The molecule has 4 rings (SSSR count). The molecule has 6 nitrogen and oxygen atoms in total. The second-order valence-electron chi connectivity index (χ2n) is 10.1. The number of fused-ring (bicyclic) bond motifs is 1. The summed E-state index contributed by atoms with van der Waals surface area (Å²) in [5.41, 5.74) is 5.02. The summed E-state index contributed by atoms with van der Waals surface area (Å²) in [7, 11) is 1.52. The minimum atomic E-state index is -1.21. The smallest absolute Gasteiger partial charge is 0.244 e. The Morgan fingerprint density at radius 3 is 2.54 bits per heavy atom. The molecule has 1 atom stereocenters. The second-order valence-corrected chi connectivity index (χ2v) is 10.1. The summed E-state index contributed by atoms with van der Waals surface area (Å²) >= 11 is 0. The summed E-state index contributed by atoms with van der Waals surface area (Å²) in [6, 6.07) is 8.49. The van der Waals surface area contributed by atoms with Gasteiger partial charge in [0, 0.05) is 40.3 Å². The molecule has 0 amide bonds. The first-order valence-corrected chi connectivity index (χ1v) is 11.6. The maximum absolute atomic E-state index is 14.0. The Hall–Kier alpha value is -3.61. The van der Waals surface area contributed by atoms with E-state index in [-0.39, 0.29) is 29.3 Å². The van der Waals surface area contributed by atoms with Gasteiger partial charge in [0.05, 0.1) is 19.1 Å². The van der Waals surface area contributed by atoms with Gasteiger partial charge in [0.1, 0.15) is 23.9 Å². The molecule has 2 aromatic rings. The molecular formula is C28H31FN2O4. The fourth-order valence-electron chi connectivity index (χ4n) is 4.86. The number of methoxy groups -OCH3 is 1. The van der Waals surface area contributed by atoms with Crippen molar-refractivity contribution < 1.29 is 18.8 Å². The van der Waals surface area contributed by atoms with Crippen LogP contribution in [-0.4, -0.2) is 23.1 Å². The Bertz CT molecular complexity index is 1290. The van der Waals surface area contributed by atoms with E-state index in [1.165, 1.54) is 19.2 Å². The number of ether oxygens (including phenoxy) is 2. The summed E-state index contributed by atoms with van der Waals surface area (Å²) in [4.78, 5) is 11.4. The molecule has 2 aromatic carbocycles. The number of nitro groups is 1. The van der Waals surface area contributed by atoms with Crippen molar-refractivity contribution in [1.82, 2.24) is 0 Å². The molecule has 2 aliphatic rings. The number of hydrogen-bond donors (Lipinski definition) is 1. The number of rotatable bonds is 6. The zero-order valence-electron chi connectivity index (χ0n) is 21.0. The van der Waals surface area contributed by atoms with Crippen molar-refractivity contribution in [3.05, 3.63) is 87.0 Å². The van der Waals surface area contributed by atoms with Crippen LogP contribution in [0.15, 0.2) is 59.9 Å². The Labute approximate surface area is 205 Å². The van der Waals surface area contributed by atoms with E-state index in [0.29, 0.717) is 11.5 Å². The van der Waals surface area contributed by atoms with Gasteiger partial charge in [0.15, 0.2) is 0 Å². The van der Waals surface area contributed by atoms with Gasteiger partial charge in [-0.2, -0.15) is 0 Å². The maximum Gasteiger partial charge on any atom is 0.244 e. The van der Waals surface area contributed by atoms with Crippen LogP contribution in [0.3, 0.4) is 0 Å². The van der Waals surface area contributed by atoms with Crippen LogP contribution in [0.2, 0.25) is 0 Å². The lowest BCUT2D eigenvalue weighted by molar-refractivity contribution is -0.550. The maximum atomic E-state index is 14.0. The number of nitrogens with zero attached hydrogens (tertiary/aromatic N) is 1. The van der Waals surface area contributed by atoms with Crippen molar-refractivity contribution in [1.29, 1.82) is 0 Å². The van der Waals surface area contributed by atoms with E-state index < -0.39 is 5.54 Å². The van der Waals surface area contributed by atoms with Gasteiger partial charge in [-0.3, -0.25) is 10.1 Å². The van der Waals surface area contributed by atoms with E-state index in [1.54, 1.807) is 25.1 Å². The predicted octanol–water partition coefficient (Wildman–Crippen LogP) is 6.89. The highest BCUT2D eigenvalue weighted by Crippen LogP contribution is 2.43. The quantitative estimate of drug-likeness (QED) is 0.361. The van der Waals surface area contributed by atoms with Crippen molar-refractivity contribution >= 4 is 11.3 Å². The summed E-state index contributed by atoms with van der Waals surface area (Å²) in [6.07, 6.45) is 5.71. The van der Waals surface area contributed by atoms with Gasteiger partial charge in [-0.25, -0.2) is 4.39 Å². The van der Waals surface area contributed by atoms with E-state index in [0.717, 1.165) is 39.1 Å². The normalized spacial score (nSPS) is 20.6. The molecule has 0 bridgehead atoms. The lowest BCUT2D eigenvalue weighted by Gasteiger charge is -2.33. The molecule has 1 aliphatic heterocycles. The van der Waals surface area contributed by atoms with E-state index in [1.807, 2.05) is 19.1 Å². The van der Waals surface area contributed by atoms with Crippen molar-refractivity contribution in [3.63, 3.8) is 0 Å². The van der Waals surface area contributed by atoms with Crippen LogP contribution in [0.25, 0.3) is 16.7 Å². The van der Waals surface area contributed by atoms with Crippen molar-refractivity contribution in [3.8, 4) is 16.9 Å². The summed E-state index contributed by atoms with van der Waals surface area (Å²) in [6.45, 7) is 9.96. The SMILES string of the molecule is COc1cc(F)ccc1-c1ccc2c(c1COC1=C(C)C=CC(C)([N+](=O)[O-])C1)C(C)=CC(C)(C)N2. The molecule has 1 N–H and O–H groups in total. The van der Waals surface area contributed by atoms with Crippen LogP contribution in [-0.2, 0) is 11.3 Å². The molecule has 7 heteroatoms. The number of benzene rings is 2. The lowest BCUT2D eigenvalue weighted by atomic mass is 9.85. The summed E-state index contributed by atoms with van der Waals surface area (Å²) < 4.78 is 25.8. The molecule has 0 saturated heterocycles. The van der Waals surface area contributed by atoms with Crippen LogP contribution in [0, 0.1) is 15.9 Å². The third kappa shape index (κ3) is 4.67. The molecule has 0 fully saturated rings. The number of anilines is 1. The molecule has 0 spiro atoms. The first-order valence-electron chi connectivity index (χ1n) is 11.6. The average Bonchev–Trinajstić information content (AvgIpc) is 2.78. The highest BCUT2D eigenvalue weighted by atomic mass is 19.1. The van der Waals surface area contributed by atoms with Crippen LogP contribution >= 0.6 is 0 Å². The van der Waals surface area contributed by atoms with Gasteiger partial charge in [-0.15, -0.1) is 0 Å². The fraction of sp³-hybridized carbons (Fsp3) is 0.357. The van der Waals surface area contributed by atoms with Crippen molar-refractivity contribution in [2.75, 3.05) is 12.4 Å². The summed E-state index contributed by atoms with van der Waals surface area (Å²) in [5.74, 6) is 0.635. The van der Waals surface area contributed by atoms with Gasteiger partial charge in [0.25, 0.3) is 0 Å². The molecule has 0 aromatic heterocycles. The van der Waals surface area contributed by atoms with Gasteiger partial charge in [0.2, 0.25) is 5.54 Å². The van der Waals surface area contributed by atoms with E-state index >= 15 is 0 Å². The summed E-state index contributed by atoms with van der Waals surface area (Å²) in [5, 5.41) is 15.2. The standard InChI is InChI=1S/C28H31FN2O4/c1-17-11-12-28(5,31(32)33)15-25(17)35-16-22-20(21-8-7-19(29)13-24(21)34-6)9-10-23-26(22)18(2)14-27(3,4)30-23/h7-14,30H,15-16H2,1-6H3. The molecule has 184 valence electrons. The van der Waals surface area contributed by atoms with E-state index in [4.69, 9.17) is 9.47 Å². The average molecular weight is 479 g/mol. The lowest BCUT2D eigenvalue weighted by Crippen LogP contribution is -2.35. The van der Waals surface area contributed by atoms with Gasteiger partial charge >= 0.3 is 0 Å². The first kappa shape index (κ1) is 24.5.